The van der Waals surface area contributed by atoms with E-state index in [1.165, 1.54) is 6.07 Å². The van der Waals surface area contributed by atoms with Crippen LogP contribution in [0.2, 0.25) is 0 Å². The minimum atomic E-state index is -0.930. The van der Waals surface area contributed by atoms with Gasteiger partial charge in [0.15, 0.2) is 0 Å². The molecule has 0 bridgehead atoms. The zero-order valence-electron chi connectivity index (χ0n) is 29.2. The Morgan fingerprint density at radius 2 is 1.47 bits per heavy atom. The normalized spacial score (nSPS) is 20.7. The number of benzene rings is 2. The zero-order valence-corrected chi connectivity index (χ0v) is 29.2. The topological polar surface area (TPSA) is 159 Å². The zero-order chi connectivity index (χ0) is 35.0. The van der Waals surface area contributed by atoms with Gasteiger partial charge in [0.2, 0.25) is 0 Å². The van der Waals surface area contributed by atoms with Gasteiger partial charge in [0.1, 0.15) is 11.4 Å². The largest absolute Gasteiger partial charge is 0.338 e. The fourth-order valence-electron chi connectivity index (χ4n) is 7.72. The molecule has 2 saturated carbocycles. The summed E-state index contributed by atoms with van der Waals surface area (Å²) in [7, 11) is 0. The van der Waals surface area contributed by atoms with Gasteiger partial charge in [0.05, 0.1) is 22.3 Å². The standard InChI is InChI=1S/C38H51N5O6/c1-4-6-22-40-38(34(39)13-5-2)32-23-28(18-20-30(32)31-21-19-29(43(46)47)24-33(31)38)35(42-49-37(45)27-16-11-8-12-17-27)25(3)41-48-36(44)26-14-9-7-10-15-26/h18-21,23-24,26-27,34,40H,4-17,22,39H2,1-3H3/b41-25+,42-35-. The Hall–Kier alpha value is -3.96. The first kappa shape index (κ1) is 36.3. The van der Waals surface area contributed by atoms with Crippen molar-refractivity contribution in [2.75, 3.05) is 6.54 Å². The summed E-state index contributed by atoms with van der Waals surface area (Å²) in [6.07, 6.45) is 12.6. The molecule has 5 rings (SSSR count). The number of carbonyl (C=O) groups is 2. The van der Waals surface area contributed by atoms with Crippen molar-refractivity contribution in [3.05, 3.63) is 63.2 Å². The molecule has 0 radical (unpaired) electrons. The SMILES string of the molecule is CCCCNC1(C(N)CCC)c2cc(C(=N\OC(=O)C3CCCCC3)/C(C)=N/OC(=O)C3CCCCC3)ccc2-c2ccc([N+](=O)[O-])cc21. The van der Waals surface area contributed by atoms with E-state index < -0.39 is 11.6 Å². The van der Waals surface area contributed by atoms with Gasteiger partial charge in [0, 0.05) is 23.7 Å². The molecule has 11 heteroatoms. The van der Waals surface area contributed by atoms with Gasteiger partial charge in [-0.3, -0.25) is 10.1 Å². The summed E-state index contributed by atoms with van der Waals surface area (Å²) in [6.45, 7) is 6.51. The first-order valence-electron chi connectivity index (χ1n) is 18.2. The van der Waals surface area contributed by atoms with Crippen molar-refractivity contribution in [2.24, 2.45) is 27.9 Å². The van der Waals surface area contributed by atoms with Crippen LogP contribution in [0.4, 0.5) is 5.69 Å². The molecule has 11 nitrogen and oxygen atoms in total. The number of fused-ring (bicyclic) bond motifs is 3. The van der Waals surface area contributed by atoms with E-state index in [2.05, 4.69) is 29.5 Å². The van der Waals surface area contributed by atoms with Crippen LogP contribution in [0.25, 0.3) is 11.1 Å². The number of nitro benzene ring substituents is 1. The van der Waals surface area contributed by atoms with Crippen LogP contribution in [0.15, 0.2) is 46.7 Å². The second-order valence-corrected chi connectivity index (χ2v) is 13.8. The minimum absolute atomic E-state index is 0.00298. The molecule has 0 spiro atoms. The molecule has 2 atom stereocenters. The summed E-state index contributed by atoms with van der Waals surface area (Å²) in [6, 6.07) is 10.3. The summed E-state index contributed by atoms with van der Waals surface area (Å²) in [5, 5.41) is 24.3. The Bertz CT molecular complexity index is 1580. The quantitative estimate of drug-likeness (QED) is 0.0680. The van der Waals surface area contributed by atoms with Gasteiger partial charge in [-0.25, -0.2) is 9.59 Å². The van der Waals surface area contributed by atoms with Crippen LogP contribution >= 0.6 is 0 Å². The van der Waals surface area contributed by atoms with Crippen LogP contribution in [0.1, 0.15) is 127 Å². The lowest BCUT2D eigenvalue weighted by Crippen LogP contribution is -2.55. The number of unbranched alkanes of at least 4 members (excludes halogenated alkanes) is 1. The van der Waals surface area contributed by atoms with Crippen molar-refractivity contribution in [1.29, 1.82) is 0 Å². The van der Waals surface area contributed by atoms with Crippen LogP contribution in [-0.2, 0) is 24.8 Å². The van der Waals surface area contributed by atoms with Crippen LogP contribution in [0.5, 0.6) is 0 Å². The van der Waals surface area contributed by atoms with Crippen LogP contribution in [-0.4, -0.2) is 40.9 Å². The highest BCUT2D eigenvalue weighted by Gasteiger charge is 2.48. The Morgan fingerprint density at radius 3 is 2.04 bits per heavy atom. The number of nitrogens with two attached hydrogens (primary N) is 1. The number of oxime groups is 2. The average Bonchev–Trinajstić information content (AvgIpc) is 3.40. The highest BCUT2D eigenvalue weighted by molar-refractivity contribution is 6.47. The molecule has 3 aliphatic carbocycles. The first-order chi connectivity index (χ1) is 23.7. The Balaban J connectivity index is 1.60. The number of rotatable bonds is 14. The molecule has 0 aromatic heterocycles. The molecular weight excluding hydrogens is 622 g/mol. The van der Waals surface area contributed by atoms with E-state index in [1.54, 1.807) is 19.1 Å². The predicted molar refractivity (Wildman–Crippen MR) is 190 cm³/mol. The Labute approximate surface area is 289 Å². The van der Waals surface area contributed by atoms with Crippen molar-refractivity contribution in [2.45, 2.75) is 122 Å². The summed E-state index contributed by atoms with van der Waals surface area (Å²) in [4.78, 5) is 48.7. The van der Waals surface area contributed by atoms with Gasteiger partial charge in [-0.1, -0.05) is 87.7 Å². The van der Waals surface area contributed by atoms with Gasteiger partial charge < -0.3 is 20.7 Å². The molecule has 2 aromatic carbocycles. The van der Waals surface area contributed by atoms with Gasteiger partial charge in [-0.15, -0.1) is 0 Å². The number of carbonyl (C=O) groups excluding carboxylic acids is 2. The molecular formula is C38H51N5O6. The number of non-ortho nitro benzene ring substituents is 1. The van der Waals surface area contributed by atoms with Crippen LogP contribution < -0.4 is 11.1 Å². The second kappa shape index (κ2) is 16.6. The fraction of sp³-hybridized carbons (Fsp3) is 0.579. The molecule has 2 aromatic rings. The van der Waals surface area contributed by atoms with Crippen molar-refractivity contribution >= 4 is 29.0 Å². The van der Waals surface area contributed by atoms with E-state index in [1.807, 2.05) is 18.2 Å². The maximum Gasteiger partial charge on any atom is 0.338 e. The Kier molecular flexibility index (Phi) is 12.3. The first-order valence-corrected chi connectivity index (χ1v) is 18.2. The van der Waals surface area contributed by atoms with Crippen molar-refractivity contribution in [3.8, 4) is 11.1 Å². The van der Waals surface area contributed by atoms with E-state index in [0.29, 0.717) is 18.5 Å². The maximum atomic E-state index is 13.1. The molecule has 3 aliphatic rings. The minimum Gasteiger partial charge on any atom is -0.326 e. The molecule has 3 N–H and O–H groups in total. The van der Waals surface area contributed by atoms with Crippen molar-refractivity contribution in [3.63, 3.8) is 0 Å². The molecule has 2 fully saturated rings. The number of hydrogen-bond acceptors (Lipinski definition) is 10. The maximum absolute atomic E-state index is 13.1. The number of hydrogen-bond donors (Lipinski definition) is 2. The fourth-order valence-corrected chi connectivity index (χ4v) is 7.72. The third-order valence-corrected chi connectivity index (χ3v) is 10.5. The van der Waals surface area contributed by atoms with E-state index in [-0.39, 0.29) is 45.8 Å². The summed E-state index contributed by atoms with van der Waals surface area (Å²) in [5.41, 5.74) is 10.7. The molecule has 0 heterocycles. The molecule has 0 saturated heterocycles. The number of nitro groups is 1. The summed E-state index contributed by atoms with van der Waals surface area (Å²) in [5.74, 6) is -1.15. The molecule has 49 heavy (non-hydrogen) atoms. The smallest absolute Gasteiger partial charge is 0.326 e. The lowest BCUT2D eigenvalue weighted by molar-refractivity contribution is -0.384. The van der Waals surface area contributed by atoms with Crippen molar-refractivity contribution in [1.82, 2.24) is 5.32 Å². The predicted octanol–water partition coefficient (Wildman–Crippen LogP) is 7.66. The van der Waals surface area contributed by atoms with Gasteiger partial charge in [-0.2, -0.15) is 0 Å². The third-order valence-electron chi connectivity index (χ3n) is 10.5. The van der Waals surface area contributed by atoms with Crippen LogP contribution in [0.3, 0.4) is 0 Å². The van der Waals surface area contributed by atoms with Crippen LogP contribution in [0, 0.1) is 22.0 Å². The summed E-state index contributed by atoms with van der Waals surface area (Å²) < 4.78 is 0. The van der Waals surface area contributed by atoms with E-state index in [0.717, 1.165) is 106 Å². The number of nitrogens with zero attached hydrogens (tertiary/aromatic N) is 3. The van der Waals surface area contributed by atoms with Gasteiger partial charge >= 0.3 is 11.9 Å². The van der Waals surface area contributed by atoms with Gasteiger partial charge in [0.25, 0.3) is 5.69 Å². The average molecular weight is 674 g/mol. The molecule has 0 aliphatic heterocycles. The van der Waals surface area contributed by atoms with Gasteiger partial charge in [-0.05, 0) is 86.4 Å². The highest BCUT2D eigenvalue weighted by atomic mass is 16.7. The Morgan fingerprint density at radius 1 is 0.898 bits per heavy atom. The summed E-state index contributed by atoms with van der Waals surface area (Å²) >= 11 is 0. The number of nitrogens with one attached hydrogen (secondary N) is 1. The van der Waals surface area contributed by atoms with Crippen molar-refractivity contribution < 1.29 is 24.2 Å². The lowest BCUT2D eigenvalue weighted by atomic mass is 9.78. The third kappa shape index (κ3) is 7.94. The lowest BCUT2D eigenvalue weighted by Gasteiger charge is -2.39. The highest BCUT2D eigenvalue weighted by Crippen LogP contribution is 2.51. The molecule has 2 unspecified atom stereocenters. The van der Waals surface area contributed by atoms with E-state index in [9.17, 15) is 19.7 Å². The molecule has 0 amide bonds. The second-order valence-electron chi connectivity index (χ2n) is 13.8. The monoisotopic (exact) mass is 673 g/mol. The van der Waals surface area contributed by atoms with E-state index in [4.69, 9.17) is 15.4 Å². The van der Waals surface area contributed by atoms with E-state index >= 15 is 0 Å². The molecule has 264 valence electrons.